The number of anilines is 1. The van der Waals surface area contributed by atoms with Gasteiger partial charge in [-0.25, -0.2) is 9.91 Å². The number of fused-ring (bicyclic) bond motifs is 2. The lowest BCUT2D eigenvalue weighted by Gasteiger charge is -2.30. The highest BCUT2D eigenvalue weighted by Crippen LogP contribution is 2.45. The van der Waals surface area contributed by atoms with E-state index in [0.717, 1.165) is 46.6 Å². The third-order valence-electron chi connectivity index (χ3n) is 8.50. The smallest absolute Gasteiger partial charge is 0.264 e. The van der Waals surface area contributed by atoms with E-state index in [9.17, 15) is 14.4 Å². The van der Waals surface area contributed by atoms with E-state index >= 15 is 0 Å². The molecule has 3 heterocycles. The lowest BCUT2D eigenvalue weighted by atomic mass is 9.77. The van der Waals surface area contributed by atoms with E-state index in [1.54, 1.807) is 30.3 Å². The first-order chi connectivity index (χ1) is 21.7. The molecule has 3 aliphatic heterocycles. The van der Waals surface area contributed by atoms with Gasteiger partial charge in [0.2, 0.25) is 0 Å². The van der Waals surface area contributed by atoms with Gasteiger partial charge in [0, 0.05) is 16.0 Å². The number of imide groups is 1. The number of nitrogens with zero attached hydrogens (tertiary/aromatic N) is 6. The van der Waals surface area contributed by atoms with Crippen molar-refractivity contribution in [3.63, 3.8) is 0 Å². The second kappa shape index (κ2) is 11.9. The number of hydrogen-bond donors (Lipinski definition) is 0. The van der Waals surface area contributed by atoms with Crippen LogP contribution in [0.1, 0.15) is 36.4 Å². The van der Waals surface area contributed by atoms with E-state index in [1.165, 1.54) is 10.0 Å². The number of amides is 3. The summed E-state index contributed by atoms with van der Waals surface area (Å²) in [5.74, 6) is -1.66. The minimum atomic E-state index is -1.12. The van der Waals surface area contributed by atoms with E-state index in [4.69, 9.17) is 51.5 Å². The highest BCUT2D eigenvalue weighted by molar-refractivity contribution is 6.42. The monoisotopic (exact) mass is 680 g/mol. The maximum atomic E-state index is 14.1. The molecule has 7 rings (SSSR count). The van der Waals surface area contributed by atoms with Crippen LogP contribution < -0.4 is 4.90 Å². The van der Waals surface area contributed by atoms with Crippen LogP contribution in [0.4, 0.5) is 5.69 Å². The molecule has 13 heteroatoms. The van der Waals surface area contributed by atoms with Crippen LogP contribution in [0, 0.1) is 5.92 Å². The van der Waals surface area contributed by atoms with Crippen LogP contribution in [0.25, 0.3) is 6.08 Å². The molecule has 0 N–H and O–H groups in total. The van der Waals surface area contributed by atoms with Gasteiger partial charge in [0.1, 0.15) is 6.54 Å². The van der Waals surface area contributed by atoms with Gasteiger partial charge < -0.3 is 0 Å². The Labute approximate surface area is 278 Å². The van der Waals surface area contributed by atoms with Crippen molar-refractivity contribution in [3.05, 3.63) is 104 Å². The van der Waals surface area contributed by atoms with Gasteiger partial charge in [-0.15, -0.1) is 0 Å². The third kappa shape index (κ3) is 5.31. The summed E-state index contributed by atoms with van der Waals surface area (Å²) in [6.45, 7) is -0.322. The summed E-state index contributed by atoms with van der Waals surface area (Å²) in [6, 6.07) is 17.0. The minimum Gasteiger partial charge on any atom is -0.271 e. The molecule has 2 fully saturated rings. The normalized spacial score (nSPS) is 24.8. The topological polar surface area (TPSA) is 98.0 Å². The van der Waals surface area contributed by atoms with Gasteiger partial charge in [0.25, 0.3) is 17.7 Å². The van der Waals surface area contributed by atoms with Crippen molar-refractivity contribution >= 4 is 81.6 Å². The SMILES string of the molecule is O=C1[C@H]2N=NN(CC(=O)N3N=C4/C(=C/c5ccc(Cl)cc5)CCC[C@H]4[C@H]3c3ccc(Cl)cc3)[C@H]2C(=O)N1c1c(Cl)cccc1Cl. The number of carbonyl (C=O) groups is 3. The van der Waals surface area contributed by atoms with E-state index in [-0.39, 0.29) is 28.2 Å². The standard InChI is InChI=1S/C32H24Cl4N6O3/c33-20-11-7-17(8-12-20)15-19-3-1-4-22-26(19)38-42(28(22)18-9-13-21(34)14-10-18)25(43)16-40-30-27(37-39-40)31(44)41(32(30)45)29-23(35)5-2-6-24(29)36/h2,5-15,22,27-28,30H,1,3-4,16H2/b19-15+/t22-,27+,28-,30-/m1/s1. The number of para-hydroxylation sites is 1. The number of benzene rings is 3. The van der Waals surface area contributed by atoms with Crippen LogP contribution in [0.5, 0.6) is 0 Å². The van der Waals surface area contributed by atoms with Gasteiger partial charge in [-0.3, -0.25) is 19.4 Å². The quantitative estimate of drug-likeness (QED) is 0.262. The van der Waals surface area contributed by atoms with Gasteiger partial charge in [0.15, 0.2) is 12.1 Å². The molecule has 0 unspecified atom stereocenters. The molecular weight excluding hydrogens is 658 g/mol. The molecular formula is C32H24Cl4N6O3. The Bertz CT molecular complexity index is 1790. The summed E-state index contributed by atoms with van der Waals surface area (Å²) in [4.78, 5) is 41.9. The summed E-state index contributed by atoms with van der Waals surface area (Å²) in [7, 11) is 0. The molecule has 1 aliphatic carbocycles. The average molecular weight is 682 g/mol. The Hall–Kier alpha value is -3.76. The van der Waals surface area contributed by atoms with E-state index in [0.29, 0.717) is 10.0 Å². The largest absolute Gasteiger partial charge is 0.271 e. The van der Waals surface area contributed by atoms with Crippen LogP contribution in [-0.2, 0) is 14.4 Å². The highest BCUT2D eigenvalue weighted by atomic mass is 35.5. The number of rotatable bonds is 5. The Kier molecular flexibility index (Phi) is 7.90. The van der Waals surface area contributed by atoms with Crippen molar-refractivity contribution < 1.29 is 14.4 Å². The highest BCUT2D eigenvalue weighted by Gasteiger charge is 2.56. The van der Waals surface area contributed by atoms with Gasteiger partial charge in [-0.1, -0.05) is 82.0 Å². The predicted molar refractivity (Wildman–Crippen MR) is 173 cm³/mol. The molecule has 3 aromatic rings. The zero-order valence-electron chi connectivity index (χ0n) is 23.5. The molecule has 0 radical (unpaired) electrons. The van der Waals surface area contributed by atoms with Crippen molar-refractivity contribution in [3.8, 4) is 0 Å². The molecule has 3 aromatic carbocycles. The second-order valence-corrected chi connectivity index (χ2v) is 12.9. The Morgan fingerprint density at radius 3 is 2.22 bits per heavy atom. The molecule has 0 spiro atoms. The molecule has 4 atom stereocenters. The van der Waals surface area contributed by atoms with E-state index in [2.05, 4.69) is 16.4 Å². The average Bonchev–Trinajstić information content (AvgIpc) is 3.69. The fourth-order valence-corrected chi connectivity index (χ4v) is 7.27. The van der Waals surface area contributed by atoms with Gasteiger partial charge in [-0.05, 0) is 78.4 Å². The van der Waals surface area contributed by atoms with Crippen molar-refractivity contribution in [2.75, 3.05) is 11.4 Å². The summed E-state index contributed by atoms with van der Waals surface area (Å²) in [5, 5.41) is 17.3. The van der Waals surface area contributed by atoms with Crippen molar-refractivity contribution in [1.29, 1.82) is 0 Å². The first-order valence-electron chi connectivity index (χ1n) is 14.3. The van der Waals surface area contributed by atoms with Crippen LogP contribution in [0.3, 0.4) is 0 Å². The number of halogens is 4. The number of hydrazone groups is 1. The van der Waals surface area contributed by atoms with Crippen LogP contribution in [-0.4, -0.2) is 52.1 Å². The molecule has 45 heavy (non-hydrogen) atoms. The van der Waals surface area contributed by atoms with Crippen molar-refractivity contribution in [2.45, 2.75) is 37.4 Å². The molecule has 3 amide bonds. The van der Waals surface area contributed by atoms with Gasteiger partial charge >= 0.3 is 0 Å². The fourth-order valence-electron chi connectivity index (χ4n) is 6.45. The molecule has 0 bridgehead atoms. The zero-order valence-corrected chi connectivity index (χ0v) is 26.5. The molecule has 1 saturated heterocycles. The Balaban J connectivity index is 1.19. The van der Waals surface area contributed by atoms with Crippen LogP contribution >= 0.6 is 46.4 Å². The Morgan fingerprint density at radius 2 is 1.53 bits per heavy atom. The lowest BCUT2D eigenvalue weighted by molar-refractivity contribution is -0.136. The van der Waals surface area contributed by atoms with Crippen LogP contribution in [0.15, 0.2) is 87.7 Å². The van der Waals surface area contributed by atoms with Crippen molar-refractivity contribution in [2.24, 2.45) is 21.4 Å². The molecule has 1 saturated carbocycles. The third-order valence-corrected chi connectivity index (χ3v) is 9.61. The number of hydrogen-bond acceptors (Lipinski definition) is 7. The van der Waals surface area contributed by atoms with E-state index < -0.39 is 35.8 Å². The summed E-state index contributed by atoms with van der Waals surface area (Å²) >= 11 is 25.0. The van der Waals surface area contributed by atoms with Gasteiger partial charge in [0.05, 0.1) is 27.5 Å². The predicted octanol–water partition coefficient (Wildman–Crippen LogP) is 7.42. The number of allylic oxidation sites excluding steroid dienone is 1. The van der Waals surface area contributed by atoms with E-state index in [1.807, 2.05) is 36.4 Å². The first kappa shape index (κ1) is 29.9. The zero-order chi connectivity index (χ0) is 31.4. The molecule has 9 nitrogen and oxygen atoms in total. The Morgan fingerprint density at radius 1 is 0.867 bits per heavy atom. The summed E-state index contributed by atoms with van der Waals surface area (Å²) in [6.07, 6.45) is 4.66. The maximum Gasteiger partial charge on any atom is 0.264 e. The van der Waals surface area contributed by atoms with Crippen molar-refractivity contribution in [1.82, 2.24) is 10.0 Å². The van der Waals surface area contributed by atoms with Gasteiger partial charge in [-0.2, -0.15) is 10.2 Å². The van der Waals surface area contributed by atoms with Crippen LogP contribution in [0.2, 0.25) is 20.1 Å². The fraction of sp³-hybridized carbons (Fsp3) is 0.250. The summed E-state index contributed by atoms with van der Waals surface area (Å²) < 4.78 is 0. The summed E-state index contributed by atoms with van der Waals surface area (Å²) in [5.41, 5.74) is 3.85. The minimum absolute atomic E-state index is 0.0528. The second-order valence-electron chi connectivity index (χ2n) is 11.2. The first-order valence-corrected chi connectivity index (χ1v) is 15.8. The maximum absolute atomic E-state index is 14.1. The molecule has 228 valence electrons. The number of carbonyl (C=O) groups excluding carboxylic acids is 3. The lowest BCUT2D eigenvalue weighted by Crippen LogP contribution is -2.45. The molecule has 0 aromatic heterocycles. The molecule has 4 aliphatic rings.